The minimum absolute atomic E-state index is 0.337. The standard InChI is InChI=1S/C12H17NO3S/c1-17(15,16)12-6-2-10(3-7-12)8-9-13(14)11-4-5-11/h2-3,6-7,11,14H,4-5,8-9H2,1H3. The number of hydrogen-bond acceptors (Lipinski definition) is 4. The van der Waals surface area contributed by atoms with Gasteiger partial charge in [0.1, 0.15) is 0 Å². The van der Waals surface area contributed by atoms with Crippen molar-refractivity contribution in [2.75, 3.05) is 12.8 Å². The van der Waals surface area contributed by atoms with Crippen LogP contribution in [0.3, 0.4) is 0 Å². The van der Waals surface area contributed by atoms with Crippen LogP contribution >= 0.6 is 0 Å². The van der Waals surface area contributed by atoms with Crippen LogP contribution in [0.15, 0.2) is 29.2 Å². The van der Waals surface area contributed by atoms with E-state index in [1.165, 1.54) is 11.3 Å². The average Bonchev–Trinajstić information content (AvgIpc) is 3.09. The second kappa shape index (κ2) is 4.76. The van der Waals surface area contributed by atoms with Gasteiger partial charge in [0.25, 0.3) is 0 Å². The Kier molecular flexibility index (Phi) is 3.51. The molecule has 1 saturated carbocycles. The van der Waals surface area contributed by atoms with E-state index in [1.54, 1.807) is 24.3 Å². The Bertz CT molecular complexity index is 477. The highest BCUT2D eigenvalue weighted by Gasteiger charge is 2.27. The summed E-state index contributed by atoms with van der Waals surface area (Å²) in [7, 11) is -3.11. The maximum Gasteiger partial charge on any atom is 0.175 e. The molecule has 0 saturated heterocycles. The number of rotatable bonds is 5. The number of nitrogens with zero attached hydrogens (tertiary/aromatic N) is 1. The molecule has 1 fully saturated rings. The summed E-state index contributed by atoms with van der Waals surface area (Å²) in [4.78, 5) is 0.337. The maximum absolute atomic E-state index is 11.3. The highest BCUT2D eigenvalue weighted by atomic mass is 32.2. The van der Waals surface area contributed by atoms with Gasteiger partial charge in [0.05, 0.1) is 4.90 Å². The van der Waals surface area contributed by atoms with E-state index in [4.69, 9.17) is 0 Å². The van der Waals surface area contributed by atoms with Gasteiger partial charge in [-0.05, 0) is 37.0 Å². The molecule has 0 spiro atoms. The molecule has 0 unspecified atom stereocenters. The fraction of sp³-hybridized carbons (Fsp3) is 0.500. The number of sulfone groups is 1. The molecule has 0 aliphatic heterocycles. The van der Waals surface area contributed by atoms with Gasteiger partial charge in [0.15, 0.2) is 9.84 Å². The number of hydroxylamine groups is 2. The monoisotopic (exact) mass is 255 g/mol. The van der Waals surface area contributed by atoms with Crippen molar-refractivity contribution in [3.8, 4) is 0 Å². The zero-order valence-electron chi connectivity index (χ0n) is 9.83. The molecule has 0 bridgehead atoms. The van der Waals surface area contributed by atoms with Crippen LogP contribution in [-0.2, 0) is 16.3 Å². The minimum atomic E-state index is -3.11. The smallest absolute Gasteiger partial charge is 0.175 e. The summed E-state index contributed by atoms with van der Waals surface area (Å²) in [5, 5.41) is 11.0. The van der Waals surface area contributed by atoms with Gasteiger partial charge >= 0.3 is 0 Å². The van der Waals surface area contributed by atoms with Gasteiger partial charge in [-0.15, -0.1) is 0 Å². The highest BCUT2D eigenvalue weighted by molar-refractivity contribution is 7.90. The molecule has 94 valence electrons. The van der Waals surface area contributed by atoms with E-state index in [0.717, 1.165) is 24.8 Å². The van der Waals surface area contributed by atoms with Gasteiger partial charge in [-0.1, -0.05) is 12.1 Å². The fourth-order valence-electron chi connectivity index (χ4n) is 1.70. The molecule has 1 aliphatic carbocycles. The Morgan fingerprint density at radius 3 is 2.35 bits per heavy atom. The van der Waals surface area contributed by atoms with E-state index in [2.05, 4.69) is 0 Å². The molecule has 0 aromatic heterocycles. The Labute approximate surface area is 102 Å². The third kappa shape index (κ3) is 3.52. The van der Waals surface area contributed by atoms with Gasteiger partial charge in [-0.2, -0.15) is 5.06 Å². The van der Waals surface area contributed by atoms with Gasteiger partial charge < -0.3 is 5.21 Å². The molecule has 2 rings (SSSR count). The van der Waals surface area contributed by atoms with Crippen molar-refractivity contribution >= 4 is 9.84 Å². The largest absolute Gasteiger partial charge is 0.314 e. The van der Waals surface area contributed by atoms with Crippen molar-refractivity contribution in [3.05, 3.63) is 29.8 Å². The Balaban J connectivity index is 1.93. The molecule has 0 radical (unpaired) electrons. The van der Waals surface area contributed by atoms with E-state index in [9.17, 15) is 13.6 Å². The maximum atomic E-state index is 11.3. The van der Waals surface area contributed by atoms with Crippen LogP contribution in [0.5, 0.6) is 0 Å². The van der Waals surface area contributed by atoms with Crippen LogP contribution in [-0.4, -0.2) is 37.5 Å². The first kappa shape index (κ1) is 12.5. The van der Waals surface area contributed by atoms with E-state index in [-0.39, 0.29) is 0 Å². The lowest BCUT2D eigenvalue weighted by Crippen LogP contribution is -2.24. The Morgan fingerprint density at radius 1 is 1.29 bits per heavy atom. The second-order valence-electron chi connectivity index (χ2n) is 4.56. The summed E-state index contributed by atoms with van der Waals surface area (Å²) in [6.07, 6.45) is 4.08. The van der Waals surface area contributed by atoms with Crippen LogP contribution in [0, 0.1) is 0 Å². The van der Waals surface area contributed by atoms with Crippen LogP contribution < -0.4 is 0 Å². The molecule has 0 atom stereocenters. The molecule has 1 aliphatic rings. The van der Waals surface area contributed by atoms with Crippen LogP contribution in [0.2, 0.25) is 0 Å². The highest BCUT2D eigenvalue weighted by Crippen LogP contribution is 2.25. The molecule has 5 heteroatoms. The van der Waals surface area contributed by atoms with Crippen LogP contribution in [0.4, 0.5) is 0 Å². The van der Waals surface area contributed by atoms with Gasteiger partial charge in [0, 0.05) is 18.8 Å². The quantitative estimate of drug-likeness (QED) is 0.810. The summed E-state index contributed by atoms with van der Waals surface area (Å²) >= 11 is 0. The molecular weight excluding hydrogens is 238 g/mol. The first-order valence-corrected chi connectivity index (χ1v) is 7.60. The molecular formula is C12H17NO3S. The van der Waals surface area contributed by atoms with Crippen molar-refractivity contribution in [1.29, 1.82) is 0 Å². The zero-order chi connectivity index (χ0) is 12.5. The number of hydrogen-bond donors (Lipinski definition) is 1. The topological polar surface area (TPSA) is 57.6 Å². The lowest BCUT2D eigenvalue weighted by molar-refractivity contribution is -0.0982. The number of benzene rings is 1. The molecule has 1 aromatic rings. The van der Waals surface area contributed by atoms with E-state index in [1.807, 2.05) is 0 Å². The third-order valence-electron chi connectivity index (χ3n) is 2.95. The van der Waals surface area contributed by atoms with Crippen molar-refractivity contribution < 1.29 is 13.6 Å². The Hall–Kier alpha value is -0.910. The SMILES string of the molecule is CS(=O)(=O)c1ccc(CCN(O)C2CC2)cc1. The second-order valence-corrected chi connectivity index (χ2v) is 6.58. The predicted molar refractivity (Wildman–Crippen MR) is 64.8 cm³/mol. The molecule has 1 N–H and O–H groups in total. The normalized spacial score (nSPS) is 16.4. The van der Waals surface area contributed by atoms with Crippen molar-refractivity contribution in [3.63, 3.8) is 0 Å². The van der Waals surface area contributed by atoms with Gasteiger partial charge in [-0.25, -0.2) is 8.42 Å². The zero-order valence-corrected chi connectivity index (χ0v) is 10.7. The summed E-state index contributed by atoms with van der Waals surface area (Å²) in [5.74, 6) is 0. The van der Waals surface area contributed by atoms with Gasteiger partial charge in [-0.3, -0.25) is 0 Å². The lowest BCUT2D eigenvalue weighted by atomic mass is 10.1. The van der Waals surface area contributed by atoms with E-state index >= 15 is 0 Å². The van der Waals surface area contributed by atoms with Crippen LogP contribution in [0.1, 0.15) is 18.4 Å². The molecule has 0 heterocycles. The van der Waals surface area contributed by atoms with Crippen molar-refractivity contribution in [1.82, 2.24) is 5.06 Å². The summed E-state index contributed by atoms with van der Waals surface area (Å²) in [6.45, 7) is 0.600. The van der Waals surface area contributed by atoms with Gasteiger partial charge in [0.2, 0.25) is 0 Å². The average molecular weight is 255 g/mol. The van der Waals surface area contributed by atoms with Crippen molar-refractivity contribution in [2.45, 2.75) is 30.2 Å². The fourth-order valence-corrected chi connectivity index (χ4v) is 2.33. The Morgan fingerprint density at radius 2 is 1.88 bits per heavy atom. The minimum Gasteiger partial charge on any atom is -0.314 e. The van der Waals surface area contributed by atoms with Crippen molar-refractivity contribution in [2.24, 2.45) is 0 Å². The third-order valence-corrected chi connectivity index (χ3v) is 4.08. The molecule has 0 amide bonds. The van der Waals surface area contributed by atoms with Crippen LogP contribution in [0.25, 0.3) is 0 Å². The molecule has 17 heavy (non-hydrogen) atoms. The van der Waals surface area contributed by atoms with E-state index in [0.29, 0.717) is 17.5 Å². The van der Waals surface area contributed by atoms with E-state index < -0.39 is 9.84 Å². The first-order chi connectivity index (χ1) is 7.97. The molecule has 4 nitrogen and oxygen atoms in total. The predicted octanol–water partition coefficient (Wildman–Crippen LogP) is 1.49. The summed E-state index contributed by atoms with van der Waals surface area (Å²) in [6, 6.07) is 7.17. The molecule has 1 aromatic carbocycles. The lowest BCUT2D eigenvalue weighted by Gasteiger charge is -2.13. The summed E-state index contributed by atoms with van der Waals surface area (Å²) < 4.78 is 22.5. The first-order valence-electron chi connectivity index (χ1n) is 5.71. The summed E-state index contributed by atoms with van der Waals surface area (Å²) in [5.41, 5.74) is 1.04.